The van der Waals surface area contributed by atoms with Crippen molar-refractivity contribution >= 4 is 17.9 Å². The summed E-state index contributed by atoms with van der Waals surface area (Å²) >= 11 is 0. The fourth-order valence-electron chi connectivity index (χ4n) is 3.48. The van der Waals surface area contributed by atoms with Gasteiger partial charge in [0.25, 0.3) is 0 Å². The number of hydrogen-bond acceptors (Lipinski definition) is 4. The molecule has 0 heterocycles. The summed E-state index contributed by atoms with van der Waals surface area (Å²) in [4.78, 5) is 33.5. The average Bonchev–Trinajstić information content (AvgIpc) is 2.86. The Balaban J connectivity index is 0.000000303. The van der Waals surface area contributed by atoms with Crippen molar-refractivity contribution in [2.45, 2.75) is 57.8 Å². The molecule has 0 atom stereocenters. The number of aliphatic carboxylic acids is 1. The van der Waals surface area contributed by atoms with Crippen LogP contribution < -0.4 is 0 Å². The first-order valence-corrected chi connectivity index (χ1v) is 12.1. The van der Waals surface area contributed by atoms with Gasteiger partial charge in [0.05, 0.1) is 0 Å². The van der Waals surface area contributed by atoms with Crippen molar-refractivity contribution < 1.29 is 24.2 Å². The number of aryl methyl sites for hydroxylation is 3. The molecule has 0 aliphatic heterocycles. The van der Waals surface area contributed by atoms with Gasteiger partial charge in [-0.05, 0) is 55.2 Å². The van der Waals surface area contributed by atoms with Crippen LogP contribution in [0.4, 0.5) is 0 Å². The molecule has 184 valence electrons. The lowest BCUT2D eigenvalue weighted by molar-refractivity contribution is -0.159. The van der Waals surface area contributed by atoms with E-state index in [-0.39, 0.29) is 19.3 Å². The van der Waals surface area contributed by atoms with Crippen molar-refractivity contribution in [2.75, 3.05) is 0 Å². The molecular formula is C30H34O5. The van der Waals surface area contributed by atoms with E-state index in [1.807, 2.05) is 91.0 Å². The highest BCUT2D eigenvalue weighted by atomic mass is 16.6. The molecule has 0 spiro atoms. The number of carbonyl (C=O) groups is 3. The molecular weight excluding hydrogens is 440 g/mol. The Morgan fingerprint density at radius 3 is 1.14 bits per heavy atom. The lowest BCUT2D eigenvalue weighted by Gasteiger charge is -2.04. The number of carboxylic acids is 1. The molecule has 3 rings (SSSR count). The second-order valence-corrected chi connectivity index (χ2v) is 8.26. The van der Waals surface area contributed by atoms with Crippen LogP contribution >= 0.6 is 0 Å². The molecule has 0 fully saturated rings. The van der Waals surface area contributed by atoms with E-state index >= 15 is 0 Å². The van der Waals surface area contributed by atoms with Gasteiger partial charge in [-0.15, -0.1) is 0 Å². The molecule has 3 aromatic rings. The fraction of sp³-hybridized carbons (Fsp3) is 0.300. The van der Waals surface area contributed by atoms with E-state index in [0.717, 1.165) is 25.7 Å². The zero-order valence-corrected chi connectivity index (χ0v) is 20.1. The van der Waals surface area contributed by atoms with Crippen LogP contribution in [0.25, 0.3) is 0 Å². The minimum absolute atomic E-state index is 0.259. The Morgan fingerprint density at radius 1 is 0.514 bits per heavy atom. The van der Waals surface area contributed by atoms with Crippen molar-refractivity contribution in [3.05, 3.63) is 108 Å². The van der Waals surface area contributed by atoms with Crippen LogP contribution in [0.5, 0.6) is 0 Å². The molecule has 0 saturated heterocycles. The van der Waals surface area contributed by atoms with Crippen molar-refractivity contribution in [1.29, 1.82) is 0 Å². The number of esters is 2. The summed E-state index contributed by atoms with van der Waals surface area (Å²) < 4.78 is 4.85. The van der Waals surface area contributed by atoms with E-state index in [0.29, 0.717) is 12.8 Å². The topological polar surface area (TPSA) is 80.7 Å². The van der Waals surface area contributed by atoms with E-state index in [1.54, 1.807) is 0 Å². The largest absolute Gasteiger partial charge is 0.481 e. The van der Waals surface area contributed by atoms with Gasteiger partial charge in [-0.2, -0.15) is 0 Å². The Kier molecular flexibility index (Phi) is 13.2. The predicted octanol–water partition coefficient (Wildman–Crippen LogP) is 6.20. The molecule has 0 aromatic heterocycles. The van der Waals surface area contributed by atoms with Crippen molar-refractivity contribution in [3.63, 3.8) is 0 Å². The van der Waals surface area contributed by atoms with Gasteiger partial charge in [-0.1, -0.05) is 91.0 Å². The Labute approximate surface area is 207 Å². The van der Waals surface area contributed by atoms with Gasteiger partial charge in [0, 0.05) is 19.3 Å². The molecule has 0 saturated carbocycles. The standard InChI is InChI=1S/C20H22O3.C10H12O2/c21-19(15-7-13-17-9-3-1-4-10-17)23-20(22)16-8-14-18-11-5-2-6-12-18;11-10(12)8-4-7-9-5-2-1-3-6-9/h1-6,9-12H,7-8,13-16H2;1-3,5-6H,4,7-8H2,(H,11,12). The van der Waals surface area contributed by atoms with Gasteiger partial charge in [0.2, 0.25) is 0 Å². The van der Waals surface area contributed by atoms with E-state index in [4.69, 9.17) is 9.84 Å². The summed E-state index contributed by atoms with van der Waals surface area (Å²) in [6.07, 6.45) is 5.41. The number of rotatable bonds is 12. The summed E-state index contributed by atoms with van der Waals surface area (Å²) in [6, 6.07) is 29.9. The SMILES string of the molecule is O=C(CCCc1ccccc1)OC(=O)CCCc1ccccc1.O=C(O)CCCc1ccccc1. The summed E-state index contributed by atoms with van der Waals surface area (Å²) in [5, 5.41) is 8.39. The average molecular weight is 475 g/mol. The first kappa shape index (κ1) is 27.5. The quantitative estimate of drug-likeness (QED) is 0.250. The van der Waals surface area contributed by atoms with Gasteiger partial charge in [0.1, 0.15) is 0 Å². The number of hydrogen-bond donors (Lipinski definition) is 1. The molecule has 0 aliphatic carbocycles. The molecule has 5 nitrogen and oxygen atoms in total. The van der Waals surface area contributed by atoms with Gasteiger partial charge in [0.15, 0.2) is 0 Å². The normalized spacial score (nSPS) is 10.1. The Hall–Kier alpha value is -3.73. The van der Waals surface area contributed by atoms with Crippen LogP contribution in [0.2, 0.25) is 0 Å². The molecule has 35 heavy (non-hydrogen) atoms. The highest BCUT2D eigenvalue weighted by Gasteiger charge is 2.10. The maximum atomic E-state index is 11.6. The molecule has 3 aromatic carbocycles. The maximum Gasteiger partial charge on any atom is 0.313 e. The summed E-state index contributed by atoms with van der Waals surface area (Å²) in [6.45, 7) is 0. The smallest absolute Gasteiger partial charge is 0.313 e. The van der Waals surface area contributed by atoms with E-state index in [9.17, 15) is 14.4 Å². The molecule has 0 bridgehead atoms. The van der Waals surface area contributed by atoms with E-state index in [2.05, 4.69) is 0 Å². The van der Waals surface area contributed by atoms with Crippen molar-refractivity contribution in [1.82, 2.24) is 0 Å². The predicted molar refractivity (Wildman–Crippen MR) is 137 cm³/mol. The zero-order chi connectivity index (χ0) is 25.1. The zero-order valence-electron chi connectivity index (χ0n) is 20.1. The minimum atomic E-state index is -0.717. The van der Waals surface area contributed by atoms with Crippen LogP contribution in [0.1, 0.15) is 55.2 Å². The van der Waals surface area contributed by atoms with Crippen LogP contribution in [0.15, 0.2) is 91.0 Å². The lowest BCUT2D eigenvalue weighted by Crippen LogP contribution is -2.12. The van der Waals surface area contributed by atoms with Gasteiger partial charge < -0.3 is 9.84 Å². The van der Waals surface area contributed by atoms with Gasteiger partial charge in [-0.3, -0.25) is 14.4 Å². The highest BCUT2D eigenvalue weighted by molar-refractivity contribution is 5.85. The fourth-order valence-corrected chi connectivity index (χ4v) is 3.48. The maximum absolute atomic E-state index is 11.6. The van der Waals surface area contributed by atoms with Crippen LogP contribution in [-0.4, -0.2) is 23.0 Å². The van der Waals surface area contributed by atoms with E-state index in [1.165, 1.54) is 16.7 Å². The van der Waals surface area contributed by atoms with Gasteiger partial charge >= 0.3 is 17.9 Å². The van der Waals surface area contributed by atoms with Crippen LogP contribution in [-0.2, 0) is 38.4 Å². The highest BCUT2D eigenvalue weighted by Crippen LogP contribution is 2.08. The first-order chi connectivity index (χ1) is 17.0. The molecule has 0 amide bonds. The number of ether oxygens (including phenoxy) is 1. The second-order valence-electron chi connectivity index (χ2n) is 8.26. The molecule has 5 heteroatoms. The summed E-state index contributed by atoms with van der Waals surface area (Å²) in [5.41, 5.74) is 3.59. The monoisotopic (exact) mass is 474 g/mol. The molecule has 1 N–H and O–H groups in total. The Morgan fingerprint density at radius 2 is 0.829 bits per heavy atom. The molecule has 0 radical (unpaired) electrons. The second kappa shape index (κ2) is 16.8. The number of benzene rings is 3. The molecule has 0 aliphatic rings. The third-order valence-corrected chi connectivity index (χ3v) is 5.30. The number of carboxylic acid groups (broad SMARTS) is 1. The van der Waals surface area contributed by atoms with Crippen molar-refractivity contribution in [2.24, 2.45) is 0 Å². The third-order valence-electron chi connectivity index (χ3n) is 5.30. The summed E-state index contributed by atoms with van der Waals surface area (Å²) in [7, 11) is 0. The van der Waals surface area contributed by atoms with Crippen molar-refractivity contribution in [3.8, 4) is 0 Å². The van der Waals surface area contributed by atoms with Crippen LogP contribution in [0.3, 0.4) is 0 Å². The minimum Gasteiger partial charge on any atom is -0.481 e. The van der Waals surface area contributed by atoms with Gasteiger partial charge in [-0.25, -0.2) is 0 Å². The number of carbonyl (C=O) groups excluding carboxylic acids is 2. The Bertz CT molecular complexity index is 945. The third kappa shape index (κ3) is 13.5. The van der Waals surface area contributed by atoms with E-state index < -0.39 is 17.9 Å². The first-order valence-electron chi connectivity index (χ1n) is 12.1. The lowest BCUT2D eigenvalue weighted by atomic mass is 10.1. The summed E-state index contributed by atoms with van der Waals surface area (Å²) in [5.74, 6) is -1.57. The van der Waals surface area contributed by atoms with Crippen LogP contribution in [0, 0.1) is 0 Å². The molecule has 0 unspecified atom stereocenters.